The molecule has 0 amide bonds. The fourth-order valence-corrected chi connectivity index (χ4v) is 1.10. The molecule has 0 aromatic carbocycles. The lowest BCUT2D eigenvalue weighted by Crippen LogP contribution is -2.44. The lowest BCUT2D eigenvalue weighted by molar-refractivity contribution is -0.144. The SMILES string of the molecule is CCOC(=O)CCOCC1CNC1. The molecule has 1 aliphatic rings. The molecule has 1 aliphatic heterocycles. The molecule has 0 bridgehead atoms. The van der Waals surface area contributed by atoms with Crippen LogP contribution in [0.25, 0.3) is 0 Å². The quantitative estimate of drug-likeness (QED) is 0.476. The van der Waals surface area contributed by atoms with Gasteiger partial charge in [0.15, 0.2) is 0 Å². The van der Waals surface area contributed by atoms with Crippen LogP contribution in [-0.2, 0) is 14.3 Å². The Morgan fingerprint density at radius 3 is 2.85 bits per heavy atom. The Kier molecular flexibility index (Phi) is 4.78. The standard InChI is InChI=1S/C9H17NO3/c1-2-13-9(11)3-4-12-7-8-5-10-6-8/h8,10H,2-7H2,1H3. The van der Waals surface area contributed by atoms with Crippen molar-refractivity contribution in [2.45, 2.75) is 13.3 Å². The van der Waals surface area contributed by atoms with Crippen LogP contribution >= 0.6 is 0 Å². The molecule has 0 spiro atoms. The molecule has 4 heteroatoms. The predicted molar refractivity (Wildman–Crippen MR) is 48.4 cm³/mol. The summed E-state index contributed by atoms with van der Waals surface area (Å²) in [6, 6.07) is 0. The first kappa shape index (κ1) is 10.5. The van der Waals surface area contributed by atoms with Gasteiger partial charge in [-0.25, -0.2) is 0 Å². The predicted octanol–water partition coefficient (Wildman–Crippen LogP) is 0.176. The van der Waals surface area contributed by atoms with Crippen LogP contribution in [0.5, 0.6) is 0 Å². The van der Waals surface area contributed by atoms with Crippen molar-refractivity contribution in [2.24, 2.45) is 5.92 Å². The van der Waals surface area contributed by atoms with E-state index >= 15 is 0 Å². The summed E-state index contributed by atoms with van der Waals surface area (Å²) in [6.07, 6.45) is 0.369. The average Bonchev–Trinajstić information content (AvgIpc) is 2.01. The molecule has 1 fully saturated rings. The number of nitrogens with one attached hydrogen (secondary N) is 1. The molecule has 0 saturated carbocycles. The lowest BCUT2D eigenvalue weighted by Gasteiger charge is -2.26. The number of esters is 1. The Labute approximate surface area is 78.6 Å². The number of hydrogen-bond donors (Lipinski definition) is 1. The van der Waals surface area contributed by atoms with Crippen LogP contribution < -0.4 is 5.32 Å². The van der Waals surface area contributed by atoms with Crippen molar-refractivity contribution in [1.29, 1.82) is 0 Å². The topological polar surface area (TPSA) is 47.6 Å². The van der Waals surface area contributed by atoms with Gasteiger partial charge in [-0.3, -0.25) is 4.79 Å². The molecule has 0 aliphatic carbocycles. The molecule has 4 nitrogen and oxygen atoms in total. The summed E-state index contributed by atoms with van der Waals surface area (Å²) in [4.78, 5) is 10.9. The van der Waals surface area contributed by atoms with Crippen LogP contribution in [0, 0.1) is 5.92 Å². The Balaban J connectivity index is 1.85. The van der Waals surface area contributed by atoms with Crippen LogP contribution in [0.1, 0.15) is 13.3 Å². The van der Waals surface area contributed by atoms with E-state index in [9.17, 15) is 4.79 Å². The molecular formula is C9H17NO3. The van der Waals surface area contributed by atoms with Crippen molar-refractivity contribution in [3.8, 4) is 0 Å². The lowest BCUT2D eigenvalue weighted by atomic mass is 10.1. The van der Waals surface area contributed by atoms with E-state index < -0.39 is 0 Å². The average molecular weight is 187 g/mol. The maximum atomic E-state index is 10.9. The van der Waals surface area contributed by atoms with Crippen LogP contribution in [0.3, 0.4) is 0 Å². The molecule has 76 valence electrons. The number of rotatable bonds is 6. The first-order valence-corrected chi connectivity index (χ1v) is 4.77. The fraction of sp³-hybridized carbons (Fsp3) is 0.889. The van der Waals surface area contributed by atoms with Crippen LogP contribution in [-0.4, -0.2) is 38.9 Å². The summed E-state index contributed by atoms with van der Waals surface area (Å²) >= 11 is 0. The van der Waals surface area contributed by atoms with Gasteiger partial charge in [0.25, 0.3) is 0 Å². The van der Waals surface area contributed by atoms with E-state index in [1.807, 2.05) is 0 Å². The highest BCUT2D eigenvalue weighted by Gasteiger charge is 2.16. The van der Waals surface area contributed by atoms with Crippen LogP contribution in [0.15, 0.2) is 0 Å². The van der Waals surface area contributed by atoms with Gasteiger partial charge in [-0.15, -0.1) is 0 Å². The van der Waals surface area contributed by atoms with Crippen molar-refractivity contribution >= 4 is 5.97 Å². The molecule has 0 aromatic heterocycles. The van der Waals surface area contributed by atoms with Gasteiger partial charge in [0.2, 0.25) is 0 Å². The second-order valence-electron chi connectivity index (χ2n) is 3.15. The first-order valence-electron chi connectivity index (χ1n) is 4.77. The van der Waals surface area contributed by atoms with E-state index in [1.165, 1.54) is 0 Å². The molecule has 0 aromatic rings. The molecule has 0 unspecified atom stereocenters. The molecule has 13 heavy (non-hydrogen) atoms. The van der Waals surface area contributed by atoms with E-state index in [-0.39, 0.29) is 5.97 Å². The van der Waals surface area contributed by atoms with Gasteiger partial charge < -0.3 is 14.8 Å². The third kappa shape index (κ3) is 4.24. The highest BCUT2D eigenvalue weighted by atomic mass is 16.5. The van der Waals surface area contributed by atoms with Gasteiger partial charge in [0.1, 0.15) is 0 Å². The number of ether oxygens (including phenoxy) is 2. The number of carbonyl (C=O) groups is 1. The first-order chi connectivity index (χ1) is 6.33. The zero-order valence-electron chi connectivity index (χ0n) is 8.04. The highest BCUT2D eigenvalue weighted by Crippen LogP contribution is 2.02. The van der Waals surface area contributed by atoms with Gasteiger partial charge in [-0.2, -0.15) is 0 Å². The Bertz CT molecular complexity index is 157. The number of carbonyl (C=O) groups excluding carboxylic acids is 1. The van der Waals surface area contributed by atoms with Gasteiger partial charge in [0, 0.05) is 19.0 Å². The Morgan fingerprint density at radius 1 is 1.54 bits per heavy atom. The van der Waals surface area contributed by atoms with E-state index in [0.29, 0.717) is 25.6 Å². The minimum Gasteiger partial charge on any atom is -0.466 e. The van der Waals surface area contributed by atoms with Crippen molar-refractivity contribution < 1.29 is 14.3 Å². The highest BCUT2D eigenvalue weighted by molar-refractivity contribution is 5.69. The normalized spacial score (nSPS) is 16.7. The Morgan fingerprint density at radius 2 is 2.31 bits per heavy atom. The molecule has 1 N–H and O–H groups in total. The third-order valence-electron chi connectivity index (χ3n) is 1.98. The fourth-order valence-electron chi connectivity index (χ4n) is 1.10. The summed E-state index contributed by atoms with van der Waals surface area (Å²) in [6.45, 7) is 5.57. The molecule has 1 rings (SSSR count). The van der Waals surface area contributed by atoms with Crippen LogP contribution in [0.2, 0.25) is 0 Å². The van der Waals surface area contributed by atoms with Gasteiger partial charge >= 0.3 is 5.97 Å². The second kappa shape index (κ2) is 5.94. The Hall–Kier alpha value is -0.610. The summed E-state index contributed by atoms with van der Waals surface area (Å²) in [7, 11) is 0. The van der Waals surface area contributed by atoms with Gasteiger partial charge in [0.05, 0.1) is 26.2 Å². The zero-order chi connectivity index (χ0) is 9.52. The van der Waals surface area contributed by atoms with Crippen molar-refractivity contribution in [3.63, 3.8) is 0 Å². The smallest absolute Gasteiger partial charge is 0.308 e. The summed E-state index contributed by atoms with van der Waals surface area (Å²) in [5.74, 6) is 0.469. The molecule has 1 heterocycles. The molecule has 0 atom stereocenters. The summed E-state index contributed by atoms with van der Waals surface area (Å²) in [5, 5.41) is 3.16. The minimum absolute atomic E-state index is 0.172. The van der Waals surface area contributed by atoms with E-state index in [0.717, 1.165) is 19.7 Å². The van der Waals surface area contributed by atoms with Gasteiger partial charge in [-0.1, -0.05) is 0 Å². The van der Waals surface area contributed by atoms with E-state index in [2.05, 4.69) is 5.32 Å². The minimum atomic E-state index is -0.172. The molecule has 0 radical (unpaired) electrons. The maximum absolute atomic E-state index is 10.9. The number of hydrogen-bond acceptors (Lipinski definition) is 4. The van der Waals surface area contributed by atoms with Gasteiger partial charge in [-0.05, 0) is 6.92 Å². The molecule has 1 saturated heterocycles. The van der Waals surface area contributed by atoms with Crippen molar-refractivity contribution in [3.05, 3.63) is 0 Å². The van der Waals surface area contributed by atoms with E-state index in [4.69, 9.17) is 9.47 Å². The van der Waals surface area contributed by atoms with Crippen LogP contribution in [0.4, 0.5) is 0 Å². The molecular weight excluding hydrogens is 170 g/mol. The third-order valence-corrected chi connectivity index (χ3v) is 1.98. The van der Waals surface area contributed by atoms with E-state index in [1.54, 1.807) is 6.92 Å². The van der Waals surface area contributed by atoms with Crippen molar-refractivity contribution in [1.82, 2.24) is 5.32 Å². The van der Waals surface area contributed by atoms with Crippen molar-refractivity contribution in [2.75, 3.05) is 32.9 Å². The maximum Gasteiger partial charge on any atom is 0.308 e. The largest absolute Gasteiger partial charge is 0.466 e. The monoisotopic (exact) mass is 187 g/mol. The zero-order valence-corrected chi connectivity index (χ0v) is 8.04. The summed E-state index contributed by atoms with van der Waals surface area (Å²) < 4.78 is 10.1. The second-order valence-corrected chi connectivity index (χ2v) is 3.15. The summed E-state index contributed by atoms with van der Waals surface area (Å²) in [5.41, 5.74) is 0.